The standard InChI is InChI=1S/C45H31N5/c1-46-34-22-23-35(46)43(31-16-8-3-9-17-31)37-25-27-39-45(33-20-12-5-13-21-33)41-29-28-40-44(32-18-10-4-11-19-32)38-26-24-36(42(34)30-14-6-2-7-15-30)47(38)50(48(37)39)49(40)41/h2-29H,1H3/q+2. The quantitative estimate of drug-likeness (QED) is 0.171. The van der Waals surface area contributed by atoms with Gasteiger partial charge in [0.15, 0.2) is 15.8 Å². The van der Waals surface area contributed by atoms with Crippen LogP contribution in [0.15, 0.2) is 170 Å². The molecule has 0 aliphatic carbocycles. The van der Waals surface area contributed by atoms with Crippen molar-refractivity contribution in [3.05, 3.63) is 170 Å². The molecule has 0 radical (unpaired) electrons. The molecule has 0 aliphatic rings. The Morgan fingerprint density at radius 1 is 0.320 bits per heavy atom. The first-order chi connectivity index (χ1) is 24.8. The summed E-state index contributed by atoms with van der Waals surface area (Å²) >= 11 is 0. The van der Waals surface area contributed by atoms with Gasteiger partial charge in [0, 0.05) is 43.4 Å². The SMILES string of the molecule is Cn1c2ccc1c(-c1ccccc1)c1ccc3c(-c4ccccc4)c4ccc5c(-c6ccccc6)c6ccc(c2-c2ccccc2)[n+]6n(n54)[n+]13. The number of rotatable bonds is 4. The number of hydrogen-bond acceptors (Lipinski definition) is 0. The van der Waals surface area contributed by atoms with Crippen LogP contribution in [-0.4, -0.2) is 13.8 Å². The molecule has 11 aromatic rings. The predicted molar refractivity (Wildman–Crippen MR) is 202 cm³/mol. The predicted octanol–water partition coefficient (Wildman–Crippen LogP) is 9.42. The molecule has 0 saturated carbocycles. The average Bonchev–Trinajstić information content (AvgIpc) is 3.98. The van der Waals surface area contributed by atoms with Crippen LogP contribution < -0.4 is 9.03 Å². The maximum atomic E-state index is 2.44. The van der Waals surface area contributed by atoms with Crippen LogP contribution in [0.5, 0.6) is 0 Å². The van der Waals surface area contributed by atoms with Crippen molar-refractivity contribution in [1.29, 1.82) is 0 Å². The summed E-state index contributed by atoms with van der Waals surface area (Å²) < 4.78 is 12.1. The Morgan fingerprint density at radius 3 is 0.920 bits per heavy atom. The van der Waals surface area contributed by atoms with E-state index in [1.165, 1.54) is 44.5 Å². The van der Waals surface area contributed by atoms with E-state index in [1.807, 2.05) is 0 Å². The Labute approximate surface area is 287 Å². The highest BCUT2D eigenvalue weighted by Crippen LogP contribution is 2.39. The van der Waals surface area contributed by atoms with E-state index in [0.29, 0.717) is 0 Å². The molecule has 0 N–H and O–H groups in total. The molecule has 5 heteroatoms. The van der Waals surface area contributed by atoms with Crippen LogP contribution in [0.25, 0.3) is 88.6 Å². The van der Waals surface area contributed by atoms with Crippen LogP contribution in [0.3, 0.4) is 0 Å². The average molecular weight is 642 g/mol. The summed E-state index contributed by atoms with van der Waals surface area (Å²) in [6.07, 6.45) is 0. The van der Waals surface area contributed by atoms with Gasteiger partial charge in [0.2, 0.25) is 22.1 Å². The third-order valence-electron chi connectivity index (χ3n) is 10.5. The normalized spacial score (nSPS) is 12.1. The van der Waals surface area contributed by atoms with Gasteiger partial charge in [-0.05, 0) is 47.9 Å². The Balaban J connectivity index is 1.52. The lowest BCUT2D eigenvalue weighted by molar-refractivity contribution is -0.767. The molecule has 234 valence electrons. The zero-order valence-corrected chi connectivity index (χ0v) is 27.4. The maximum absolute atomic E-state index is 2.44. The molecule has 0 amide bonds. The fraction of sp³-hybridized carbons (Fsp3) is 0.0222. The van der Waals surface area contributed by atoms with Crippen LogP contribution in [0, 0.1) is 0 Å². The van der Waals surface area contributed by atoms with Gasteiger partial charge in [0.1, 0.15) is 0 Å². The molecule has 2 bridgehead atoms. The van der Waals surface area contributed by atoms with Crippen LogP contribution in [0.4, 0.5) is 0 Å². The van der Waals surface area contributed by atoms with E-state index >= 15 is 0 Å². The molecule has 5 nitrogen and oxygen atoms in total. The van der Waals surface area contributed by atoms with Crippen molar-refractivity contribution >= 4 is 44.1 Å². The number of aromatic nitrogens is 5. The summed E-state index contributed by atoms with van der Waals surface area (Å²) in [7, 11) is 2.21. The van der Waals surface area contributed by atoms with Gasteiger partial charge in [-0.25, -0.2) is 0 Å². The first-order valence-electron chi connectivity index (χ1n) is 17.1. The monoisotopic (exact) mass is 641 g/mol. The molecule has 0 unspecified atom stereocenters. The fourth-order valence-corrected chi connectivity index (χ4v) is 8.41. The zero-order valence-electron chi connectivity index (χ0n) is 27.4. The maximum Gasteiger partial charge on any atom is 0.201 e. The van der Waals surface area contributed by atoms with Crippen molar-refractivity contribution in [2.75, 3.05) is 0 Å². The summed E-state index contributed by atoms with van der Waals surface area (Å²) in [6.45, 7) is 0. The van der Waals surface area contributed by atoms with Crippen molar-refractivity contribution in [2.24, 2.45) is 7.05 Å². The number of aryl methyl sites for hydroxylation is 1. The second kappa shape index (κ2) is 10.1. The van der Waals surface area contributed by atoms with E-state index in [2.05, 4.69) is 200 Å². The molecular formula is C45H31N5+2. The topological polar surface area (TPSA) is 22.0 Å². The van der Waals surface area contributed by atoms with Crippen LogP contribution in [0.2, 0.25) is 0 Å². The molecule has 7 heterocycles. The molecular weight excluding hydrogens is 611 g/mol. The highest BCUT2D eigenvalue weighted by molar-refractivity contribution is 6.01. The van der Waals surface area contributed by atoms with Gasteiger partial charge in [-0.1, -0.05) is 121 Å². The second-order valence-electron chi connectivity index (χ2n) is 13.1. The number of hydrogen-bond donors (Lipinski definition) is 0. The van der Waals surface area contributed by atoms with Crippen molar-refractivity contribution < 1.29 is 9.03 Å². The Kier molecular flexibility index (Phi) is 5.53. The van der Waals surface area contributed by atoms with Crippen molar-refractivity contribution in [2.45, 2.75) is 0 Å². The van der Waals surface area contributed by atoms with Crippen molar-refractivity contribution in [3.63, 3.8) is 0 Å². The van der Waals surface area contributed by atoms with E-state index in [-0.39, 0.29) is 0 Å². The lowest BCUT2D eigenvalue weighted by Crippen LogP contribution is -2.50. The molecule has 7 aromatic heterocycles. The Bertz CT molecular complexity index is 2860. The van der Waals surface area contributed by atoms with Gasteiger partial charge in [-0.2, -0.15) is 0 Å². The van der Waals surface area contributed by atoms with E-state index in [0.717, 1.165) is 44.1 Å². The van der Waals surface area contributed by atoms with Gasteiger partial charge >= 0.3 is 0 Å². The summed E-state index contributed by atoms with van der Waals surface area (Å²) in [5, 5.41) is 0. The summed E-state index contributed by atoms with van der Waals surface area (Å²) in [5.41, 5.74) is 18.6. The summed E-state index contributed by atoms with van der Waals surface area (Å²) in [4.78, 5) is 0. The molecule has 0 fully saturated rings. The van der Waals surface area contributed by atoms with Crippen molar-refractivity contribution in [1.82, 2.24) is 13.8 Å². The molecule has 0 saturated heterocycles. The summed E-state index contributed by atoms with van der Waals surface area (Å²) in [5.74, 6) is 0. The summed E-state index contributed by atoms with van der Waals surface area (Å²) in [6, 6.07) is 61.8. The lowest BCUT2D eigenvalue weighted by Gasteiger charge is -2.11. The minimum Gasteiger partial charge on any atom is -0.343 e. The van der Waals surface area contributed by atoms with Gasteiger partial charge in [0.25, 0.3) is 0 Å². The molecule has 0 spiro atoms. The van der Waals surface area contributed by atoms with E-state index in [9.17, 15) is 0 Å². The van der Waals surface area contributed by atoms with Crippen molar-refractivity contribution in [3.8, 4) is 44.5 Å². The van der Waals surface area contributed by atoms with Gasteiger partial charge in [-0.15, -0.1) is 0 Å². The highest BCUT2D eigenvalue weighted by Gasteiger charge is 2.35. The van der Waals surface area contributed by atoms with Crippen LogP contribution >= 0.6 is 0 Å². The fourth-order valence-electron chi connectivity index (χ4n) is 8.41. The number of nitrogens with zero attached hydrogens (tertiary/aromatic N) is 5. The Hall–Kier alpha value is -6.72. The van der Waals surface area contributed by atoms with Crippen LogP contribution in [-0.2, 0) is 7.05 Å². The number of fused-ring (bicyclic) bond motifs is 2. The van der Waals surface area contributed by atoms with E-state index in [4.69, 9.17) is 0 Å². The highest BCUT2D eigenvalue weighted by atomic mass is 15.7. The van der Waals surface area contributed by atoms with Gasteiger partial charge in [-0.3, -0.25) is 0 Å². The molecule has 4 aromatic carbocycles. The second-order valence-corrected chi connectivity index (χ2v) is 13.1. The smallest absolute Gasteiger partial charge is 0.201 e. The first kappa shape index (κ1) is 27.3. The van der Waals surface area contributed by atoms with Crippen LogP contribution in [0.1, 0.15) is 0 Å². The minimum atomic E-state index is 1.12. The number of benzene rings is 4. The zero-order chi connectivity index (χ0) is 32.9. The third kappa shape index (κ3) is 3.55. The lowest BCUT2D eigenvalue weighted by atomic mass is 10.1. The molecule has 50 heavy (non-hydrogen) atoms. The molecule has 0 aliphatic heterocycles. The largest absolute Gasteiger partial charge is 0.343 e. The minimum absolute atomic E-state index is 1.12. The third-order valence-corrected chi connectivity index (χ3v) is 10.5. The molecule has 0 atom stereocenters. The van der Waals surface area contributed by atoms with E-state index < -0.39 is 0 Å². The first-order valence-corrected chi connectivity index (χ1v) is 17.1. The Morgan fingerprint density at radius 2 is 0.600 bits per heavy atom. The van der Waals surface area contributed by atoms with Gasteiger partial charge in [0.05, 0.1) is 33.3 Å². The van der Waals surface area contributed by atoms with E-state index in [1.54, 1.807) is 0 Å². The molecule has 11 rings (SSSR count). The van der Waals surface area contributed by atoms with Gasteiger partial charge < -0.3 is 4.57 Å².